The van der Waals surface area contributed by atoms with Crippen LogP contribution in [0.1, 0.15) is 24.4 Å². The maximum absolute atomic E-state index is 13.4. The van der Waals surface area contributed by atoms with Crippen molar-refractivity contribution in [3.63, 3.8) is 0 Å². The zero-order chi connectivity index (χ0) is 10.8. The van der Waals surface area contributed by atoms with E-state index in [1.54, 1.807) is 0 Å². The number of rotatable bonds is 1. The minimum absolute atomic E-state index is 0.134. The van der Waals surface area contributed by atoms with Gasteiger partial charge in [-0.3, -0.25) is 4.90 Å². The number of para-hydroxylation sites is 1. The van der Waals surface area contributed by atoms with Gasteiger partial charge in [-0.1, -0.05) is 18.2 Å². The van der Waals surface area contributed by atoms with Gasteiger partial charge in [0.05, 0.1) is 0 Å². The second kappa shape index (κ2) is 4.19. The zero-order valence-corrected chi connectivity index (χ0v) is 8.99. The number of nitrogens with two attached hydrogens (primary N) is 1. The van der Waals surface area contributed by atoms with E-state index in [9.17, 15) is 4.39 Å². The van der Waals surface area contributed by atoms with Crippen LogP contribution in [-0.2, 0) is 0 Å². The maximum atomic E-state index is 13.4. The molecule has 1 fully saturated rings. The summed E-state index contributed by atoms with van der Waals surface area (Å²) >= 11 is 0. The first-order valence-corrected chi connectivity index (χ1v) is 5.37. The third-order valence-electron chi connectivity index (χ3n) is 3.16. The molecule has 1 saturated heterocycles. The molecular weight excluding hydrogens is 191 g/mol. The summed E-state index contributed by atoms with van der Waals surface area (Å²) in [5.74, 6) is 0. The first-order valence-electron chi connectivity index (χ1n) is 5.37. The number of benzene rings is 1. The molecule has 82 valence electrons. The molecule has 0 aromatic heterocycles. The molecule has 3 heteroatoms. The molecule has 2 unspecified atom stereocenters. The molecular formula is C12H17FN2. The van der Waals surface area contributed by atoms with Crippen molar-refractivity contribution in [3.8, 4) is 0 Å². The average molecular weight is 208 g/mol. The summed E-state index contributed by atoms with van der Waals surface area (Å²) in [5.41, 5.74) is 7.73. The second-order valence-corrected chi connectivity index (χ2v) is 4.25. The van der Waals surface area contributed by atoms with Gasteiger partial charge in [-0.2, -0.15) is 0 Å². The molecule has 2 nitrogen and oxygen atoms in total. The molecule has 1 aromatic rings. The van der Waals surface area contributed by atoms with E-state index in [1.807, 2.05) is 31.3 Å². The van der Waals surface area contributed by atoms with Gasteiger partial charge >= 0.3 is 0 Å². The summed E-state index contributed by atoms with van der Waals surface area (Å²) in [5, 5.41) is 0. The second-order valence-electron chi connectivity index (χ2n) is 4.25. The topological polar surface area (TPSA) is 29.3 Å². The maximum Gasteiger partial charge on any atom is 0.103 e. The van der Waals surface area contributed by atoms with Crippen molar-refractivity contribution in [2.24, 2.45) is 0 Å². The summed E-state index contributed by atoms with van der Waals surface area (Å²) < 4.78 is 13.4. The molecule has 0 radical (unpaired) electrons. The molecule has 1 heterocycles. The quantitative estimate of drug-likeness (QED) is 0.718. The number of alkyl halides is 1. The molecule has 0 bridgehead atoms. The number of anilines is 1. The highest BCUT2D eigenvalue weighted by atomic mass is 19.1. The van der Waals surface area contributed by atoms with Crippen LogP contribution in [0.2, 0.25) is 0 Å². The fourth-order valence-corrected chi connectivity index (χ4v) is 2.22. The van der Waals surface area contributed by atoms with E-state index >= 15 is 0 Å². The molecule has 0 spiro atoms. The zero-order valence-electron chi connectivity index (χ0n) is 8.99. The Kier molecular flexibility index (Phi) is 2.91. The standard InChI is InChI=1S/C12H17FN2/c1-15-7-6-9(13)8-12(15)10-4-2-3-5-11(10)14/h2-5,9,12H,6-8,14H2,1H3. The minimum atomic E-state index is -0.689. The molecule has 2 atom stereocenters. The Hall–Kier alpha value is -1.09. The Morgan fingerprint density at radius 3 is 2.87 bits per heavy atom. The van der Waals surface area contributed by atoms with Gasteiger partial charge < -0.3 is 5.73 Å². The van der Waals surface area contributed by atoms with Gasteiger partial charge in [0.15, 0.2) is 0 Å². The van der Waals surface area contributed by atoms with E-state index in [2.05, 4.69) is 4.90 Å². The first-order chi connectivity index (χ1) is 7.18. The number of hydrogen-bond acceptors (Lipinski definition) is 2. The summed E-state index contributed by atoms with van der Waals surface area (Å²) in [7, 11) is 2.03. The Balaban J connectivity index is 2.25. The number of likely N-dealkylation sites (tertiary alicyclic amines) is 1. The van der Waals surface area contributed by atoms with Crippen LogP contribution < -0.4 is 5.73 Å². The van der Waals surface area contributed by atoms with E-state index in [4.69, 9.17) is 5.73 Å². The van der Waals surface area contributed by atoms with Crippen LogP contribution in [-0.4, -0.2) is 24.7 Å². The van der Waals surface area contributed by atoms with Crippen molar-refractivity contribution in [2.45, 2.75) is 25.1 Å². The SMILES string of the molecule is CN1CCC(F)CC1c1ccccc1N. The van der Waals surface area contributed by atoms with Gasteiger partial charge in [0.25, 0.3) is 0 Å². The normalized spacial score (nSPS) is 27.9. The van der Waals surface area contributed by atoms with Gasteiger partial charge in [-0.05, 0) is 31.5 Å². The van der Waals surface area contributed by atoms with E-state index in [0.717, 1.165) is 17.8 Å². The lowest BCUT2D eigenvalue weighted by Crippen LogP contribution is -2.34. The largest absolute Gasteiger partial charge is 0.398 e. The molecule has 0 aliphatic carbocycles. The predicted octanol–water partition coefficient (Wildman–Crippen LogP) is 2.37. The smallest absolute Gasteiger partial charge is 0.103 e. The van der Waals surface area contributed by atoms with Gasteiger partial charge in [-0.15, -0.1) is 0 Å². The Bertz CT molecular complexity index is 340. The van der Waals surface area contributed by atoms with Crippen molar-refractivity contribution in [1.29, 1.82) is 0 Å². The van der Waals surface area contributed by atoms with Crippen LogP contribution >= 0.6 is 0 Å². The molecule has 1 aliphatic heterocycles. The Labute approximate surface area is 89.9 Å². The average Bonchev–Trinajstić information content (AvgIpc) is 2.23. The van der Waals surface area contributed by atoms with Gasteiger partial charge in [0.1, 0.15) is 6.17 Å². The van der Waals surface area contributed by atoms with Crippen molar-refractivity contribution < 1.29 is 4.39 Å². The van der Waals surface area contributed by atoms with Crippen molar-refractivity contribution in [2.75, 3.05) is 19.3 Å². The summed E-state index contributed by atoms with van der Waals surface area (Å²) in [4.78, 5) is 2.18. The van der Waals surface area contributed by atoms with Crippen LogP contribution in [0.5, 0.6) is 0 Å². The highest BCUT2D eigenvalue weighted by Crippen LogP contribution is 2.33. The van der Waals surface area contributed by atoms with Crippen LogP contribution in [0.25, 0.3) is 0 Å². The van der Waals surface area contributed by atoms with Gasteiger partial charge in [-0.25, -0.2) is 4.39 Å². The number of piperidine rings is 1. The van der Waals surface area contributed by atoms with E-state index in [-0.39, 0.29) is 6.04 Å². The fraction of sp³-hybridized carbons (Fsp3) is 0.500. The number of nitrogen functional groups attached to an aromatic ring is 1. The van der Waals surface area contributed by atoms with Crippen LogP contribution in [0.15, 0.2) is 24.3 Å². The highest BCUT2D eigenvalue weighted by Gasteiger charge is 2.27. The molecule has 0 amide bonds. The van der Waals surface area contributed by atoms with E-state index in [1.165, 1.54) is 0 Å². The highest BCUT2D eigenvalue weighted by molar-refractivity contribution is 5.48. The molecule has 0 saturated carbocycles. The first kappa shape index (κ1) is 10.4. The molecule has 1 aliphatic rings. The van der Waals surface area contributed by atoms with E-state index < -0.39 is 6.17 Å². The summed E-state index contributed by atoms with van der Waals surface area (Å²) in [6, 6.07) is 7.88. The minimum Gasteiger partial charge on any atom is -0.398 e. The fourth-order valence-electron chi connectivity index (χ4n) is 2.22. The van der Waals surface area contributed by atoms with E-state index in [0.29, 0.717) is 12.8 Å². The third-order valence-corrected chi connectivity index (χ3v) is 3.16. The van der Waals surface area contributed by atoms with Crippen LogP contribution in [0.3, 0.4) is 0 Å². The lowest BCUT2D eigenvalue weighted by Gasteiger charge is -2.35. The Morgan fingerprint density at radius 2 is 2.13 bits per heavy atom. The Morgan fingerprint density at radius 1 is 1.40 bits per heavy atom. The lowest BCUT2D eigenvalue weighted by molar-refractivity contribution is 0.114. The van der Waals surface area contributed by atoms with Crippen molar-refractivity contribution in [1.82, 2.24) is 4.90 Å². The predicted molar refractivity (Wildman–Crippen MR) is 60.4 cm³/mol. The number of halogens is 1. The van der Waals surface area contributed by atoms with Crippen molar-refractivity contribution in [3.05, 3.63) is 29.8 Å². The van der Waals surface area contributed by atoms with Crippen molar-refractivity contribution >= 4 is 5.69 Å². The van der Waals surface area contributed by atoms with Crippen LogP contribution in [0.4, 0.5) is 10.1 Å². The van der Waals surface area contributed by atoms with Gasteiger partial charge in [0.2, 0.25) is 0 Å². The molecule has 2 N–H and O–H groups in total. The molecule has 2 rings (SSSR count). The summed E-state index contributed by atoms with van der Waals surface area (Å²) in [6.07, 6.45) is 0.510. The number of nitrogens with zero attached hydrogens (tertiary/aromatic N) is 1. The van der Waals surface area contributed by atoms with Crippen LogP contribution in [0, 0.1) is 0 Å². The monoisotopic (exact) mass is 208 g/mol. The molecule has 15 heavy (non-hydrogen) atoms. The lowest BCUT2D eigenvalue weighted by atomic mass is 9.93. The molecule has 1 aromatic carbocycles. The third kappa shape index (κ3) is 2.12. The van der Waals surface area contributed by atoms with Gasteiger partial charge in [0, 0.05) is 18.3 Å². The summed E-state index contributed by atoms with van der Waals surface area (Å²) in [6.45, 7) is 0.806. The number of hydrogen-bond donors (Lipinski definition) is 1.